The Balaban J connectivity index is 1.95. The van der Waals surface area contributed by atoms with Gasteiger partial charge in [-0.25, -0.2) is 0 Å². The number of thioether (sulfide) groups is 1. The van der Waals surface area contributed by atoms with Gasteiger partial charge >= 0.3 is 0 Å². The first kappa shape index (κ1) is 15.6. The topological polar surface area (TPSA) is 20.2 Å². The second kappa shape index (κ2) is 7.87. The van der Waals surface area contributed by atoms with Crippen molar-refractivity contribution in [2.45, 2.75) is 30.8 Å². The Morgan fingerprint density at radius 2 is 1.90 bits per heavy atom. The quantitative estimate of drug-likeness (QED) is 0.720. The van der Waals surface area contributed by atoms with Crippen LogP contribution in [0.3, 0.4) is 0 Å². The van der Waals surface area contributed by atoms with Crippen molar-refractivity contribution >= 4 is 27.7 Å². The highest BCUT2D eigenvalue weighted by atomic mass is 79.9. The number of aliphatic hydroxyl groups is 1. The molecule has 3 heteroatoms. The average Bonchev–Trinajstić information content (AvgIpc) is 2.47. The Bertz CT molecular complexity index is 539. The molecule has 1 unspecified atom stereocenters. The zero-order valence-electron chi connectivity index (χ0n) is 11.6. The van der Waals surface area contributed by atoms with Crippen LogP contribution in [-0.4, -0.2) is 10.9 Å². The smallest absolute Gasteiger partial charge is 0.0884 e. The Labute approximate surface area is 133 Å². The average molecular weight is 351 g/mol. The zero-order valence-corrected chi connectivity index (χ0v) is 14.0. The highest BCUT2D eigenvalue weighted by Crippen LogP contribution is 2.26. The van der Waals surface area contributed by atoms with Crippen molar-refractivity contribution in [3.05, 3.63) is 64.1 Å². The highest BCUT2D eigenvalue weighted by molar-refractivity contribution is 9.10. The first-order valence-corrected chi connectivity index (χ1v) is 8.62. The summed E-state index contributed by atoms with van der Waals surface area (Å²) in [7, 11) is 0. The molecule has 0 aliphatic rings. The van der Waals surface area contributed by atoms with Crippen LogP contribution in [0.15, 0.2) is 57.9 Å². The number of hydrogen-bond acceptors (Lipinski definition) is 2. The van der Waals surface area contributed by atoms with Crippen molar-refractivity contribution in [3.63, 3.8) is 0 Å². The van der Waals surface area contributed by atoms with Crippen LogP contribution in [0.5, 0.6) is 0 Å². The molecule has 0 bridgehead atoms. The molecule has 0 saturated carbocycles. The number of rotatable bonds is 6. The van der Waals surface area contributed by atoms with Gasteiger partial charge in [-0.05, 0) is 41.8 Å². The van der Waals surface area contributed by atoms with Gasteiger partial charge in [0.1, 0.15) is 0 Å². The van der Waals surface area contributed by atoms with E-state index in [9.17, 15) is 5.11 Å². The Hall–Kier alpha value is -0.770. The minimum Gasteiger partial charge on any atom is -0.388 e. The fraction of sp³-hybridized carbons (Fsp3) is 0.294. The monoisotopic (exact) mass is 350 g/mol. The molecular formula is C17H19BrOS. The lowest BCUT2D eigenvalue weighted by Crippen LogP contribution is -2.01. The van der Waals surface area contributed by atoms with Crippen molar-refractivity contribution in [1.82, 2.24) is 0 Å². The van der Waals surface area contributed by atoms with Crippen LogP contribution in [0.2, 0.25) is 0 Å². The predicted octanol–water partition coefficient (Wildman–Crippen LogP) is 5.23. The third kappa shape index (κ3) is 4.65. The van der Waals surface area contributed by atoms with Gasteiger partial charge in [-0.3, -0.25) is 0 Å². The summed E-state index contributed by atoms with van der Waals surface area (Å²) < 4.78 is 1.08. The van der Waals surface area contributed by atoms with E-state index in [1.165, 1.54) is 10.5 Å². The standard InChI is InChI=1S/C17H19BrOS/c1-2-4-13-5-3-6-14(11-13)17(19)12-20-16-9-7-15(18)8-10-16/h3,5-11,17,19H,2,4,12H2,1H3. The molecule has 1 nitrogen and oxygen atoms in total. The van der Waals surface area contributed by atoms with E-state index in [0.717, 1.165) is 22.9 Å². The summed E-state index contributed by atoms with van der Waals surface area (Å²) in [6, 6.07) is 16.5. The Morgan fingerprint density at radius 3 is 2.60 bits per heavy atom. The largest absolute Gasteiger partial charge is 0.388 e. The maximum Gasteiger partial charge on any atom is 0.0884 e. The summed E-state index contributed by atoms with van der Waals surface area (Å²) >= 11 is 5.11. The Kier molecular flexibility index (Phi) is 6.14. The van der Waals surface area contributed by atoms with Gasteiger partial charge in [0.05, 0.1) is 6.10 Å². The Morgan fingerprint density at radius 1 is 1.15 bits per heavy atom. The molecule has 1 N–H and O–H groups in total. The second-order valence-electron chi connectivity index (χ2n) is 4.78. The first-order valence-electron chi connectivity index (χ1n) is 6.84. The molecule has 2 aromatic carbocycles. The van der Waals surface area contributed by atoms with Gasteiger partial charge in [0.2, 0.25) is 0 Å². The number of aliphatic hydroxyl groups excluding tert-OH is 1. The van der Waals surface area contributed by atoms with E-state index in [2.05, 4.69) is 47.1 Å². The normalized spacial score (nSPS) is 12.3. The van der Waals surface area contributed by atoms with Gasteiger partial charge in [0.25, 0.3) is 0 Å². The molecule has 0 radical (unpaired) electrons. The molecule has 0 amide bonds. The molecule has 0 aromatic heterocycles. The molecule has 2 rings (SSSR count). The number of benzene rings is 2. The number of halogens is 1. The van der Waals surface area contributed by atoms with Crippen LogP contribution in [0, 0.1) is 0 Å². The van der Waals surface area contributed by atoms with E-state index in [1.54, 1.807) is 11.8 Å². The van der Waals surface area contributed by atoms with Crippen LogP contribution < -0.4 is 0 Å². The van der Waals surface area contributed by atoms with Gasteiger partial charge in [0.15, 0.2) is 0 Å². The molecule has 0 heterocycles. The van der Waals surface area contributed by atoms with E-state index < -0.39 is 6.10 Å². The molecular weight excluding hydrogens is 332 g/mol. The van der Waals surface area contributed by atoms with Crippen LogP contribution in [0.25, 0.3) is 0 Å². The zero-order chi connectivity index (χ0) is 14.4. The minimum atomic E-state index is -0.416. The first-order chi connectivity index (χ1) is 9.69. The van der Waals surface area contributed by atoms with E-state index in [4.69, 9.17) is 0 Å². The molecule has 0 saturated heterocycles. The van der Waals surface area contributed by atoms with Crippen molar-refractivity contribution in [2.75, 3.05) is 5.75 Å². The summed E-state index contributed by atoms with van der Waals surface area (Å²) in [5, 5.41) is 10.3. The summed E-state index contributed by atoms with van der Waals surface area (Å²) in [6.45, 7) is 2.17. The summed E-state index contributed by atoms with van der Waals surface area (Å²) in [5.74, 6) is 0.678. The van der Waals surface area contributed by atoms with E-state index >= 15 is 0 Å². The van der Waals surface area contributed by atoms with Gasteiger partial charge in [-0.2, -0.15) is 0 Å². The molecule has 20 heavy (non-hydrogen) atoms. The lowest BCUT2D eigenvalue weighted by atomic mass is 10.0. The van der Waals surface area contributed by atoms with Crippen LogP contribution in [0.1, 0.15) is 30.6 Å². The molecule has 0 fully saturated rings. The maximum absolute atomic E-state index is 10.3. The molecule has 106 valence electrons. The van der Waals surface area contributed by atoms with Crippen molar-refractivity contribution in [3.8, 4) is 0 Å². The van der Waals surface area contributed by atoms with Gasteiger partial charge in [-0.1, -0.05) is 53.5 Å². The third-order valence-corrected chi connectivity index (χ3v) is 4.71. The molecule has 1 atom stereocenters. The van der Waals surface area contributed by atoms with E-state index in [-0.39, 0.29) is 0 Å². The summed E-state index contributed by atoms with van der Waals surface area (Å²) in [6.07, 6.45) is 1.79. The fourth-order valence-electron chi connectivity index (χ4n) is 2.05. The summed E-state index contributed by atoms with van der Waals surface area (Å²) in [4.78, 5) is 1.18. The van der Waals surface area contributed by atoms with E-state index in [1.807, 2.05) is 24.3 Å². The fourth-order valence-corrected chi connectivity index (χ4v) is 3.18. The number of hydrogen-bond donors (Lipinski definition) is 1. The van der Waals surface area contributed by atoms with Crippen LogP contribution in [-0.2, 0) is 6.42 Å². The lowest BCUT2D eigenvalue weighted by Gasteiger charge is -2.12. The molecule has 0 aliphatic carbocycles. The lowest BCUT2D eigenvalue weighted by molar-refractivity contribution is 0.204. The molecule has 2 aromatic rings. The van der Waals surface area contributed by atoms with Crippen molar-refractivity contribution in [2.24, 2.45) is 0 Å². The van der Waals surface area contributed by atoms with Crippen molar-refractivity contribution < 1.29 is 5.11 Å². The van der Waals surface area contributed by atoms with Crippen LogP contribution in [0.4, 0.5) is 0 Å². The molecule has 0 aliphatic heterocycles. The van der Waals surface area contributed by atoms with Gasteiger partial charge in [-0.15, -0.1) is 11.8 Å². The van der Waals surface area contributed by atoms with E-state index in [0.29, 0.717) is 5.75 Å². The second-order valence-corrected chi connectivity index (χ2v) is 6.78. The number of aryl methyl sites for hydroxylation is 1. The highest BCUT2D eigenvalue weighted by Gasteiger charge is 2.08. The third-order valence-electron chi connectivity index (χ3n) is 3.10. The van der Waals surface area contributed by atoms with Crippen molar-refractivity contribution in [1.29, 1.82) is 0 Å². The SMILES string of the molecule is CCCc1cccc(C(O)CSc2ccc(Br)cc2)c1. The minimum absolute atomic E-state index is 0.416. The van der Waals surface area contributed by atoms with Crippen LogP contribution >= 0.6 is 27.7 Å². The summed E-state index contributed by atoms with van der Waals surface area (Å²) in [5.41, 5.74) is 2.32. The molecule has 0 spiro atoms. The van der Waals surface area contributed by atoms with Gasteiger partial charge < -0.3 is 5.11 Å². The van der Waals surface area contributed by atoms with Gasteiger partial charge in [0, 0.05) is 15.1 Å². The predicted molar refractivity (Wildman–Crippen MR) is 90.3 cm³/mol. The maximum atomic E-state index is 10.3.